The lowest BCUT2D eigenvalue weighted by atomic mass is 10.3. The topological polar surface area (TPSA) is 85.6 Å². The zero-order chi connectivity index (χ0) is 15.4. The van der Waals surface area contributed by atoms with Gasteiger partial charge in [-0.3, -0.25) is 4.79 Å². The van der Waals surface area contributed by atoms with Crippen LogP contribution in [0.4, 0.5) is 5.69 Å². The Bertz CT molecular complexity index is 808. The van der Waals surface area contributed by atoms with Gasteiger partial charge in [0.15, 0.2) is 5.82 Å². The molecule has 110 valence electrons. The molecule has 1 N–H and O–H groups in total. The van der Waals surface area contributed by atoms with Gasteiger partial charge in [-0.1, -0.05) is 0 Å². The first-order valence-corrected chi connectivity index (χ1v) is 7.31. The molecule has 8 heteroatoms. The Morgan fingerprint density at radius 2 is 2.36 bits per heavy atom. The average molecular weight is 312 g/mol. The van der Waals surface area contributed by atoms with Crippen LogP contribution in [0.25, 0.3) is 11.9 Å². The highest BCUT2D eigenvalue weighted by Gasteiger charge is 2.08. The van der Waals surface area contributed by atoms with Crippen LogP contribution in [0, 0.1) is 6.92 Å². The molecule has 0 fully saturated rings. The van der Waals surface area contributed by atoms with Gasteiger partial charge in [-0.15, -0.1) is 11.3 Å². The minimum atomic E-state index is -0.264. The molecule has 7 nitrogen and oxygen atoms in total. The summed E-state index contributed by atoms with van der Waals surface area (Å²) < 4.78 is 1.49. The molecule has 3 aromatic heterocycles. The molecule has 0 radical (unpaired) electrons. The smallest absolute Gasteiger partial charge is 0.248 e. The zero-order valence-electron chi connectivity index (χ0n) is 11.7. The van der Waals surface area contributed by atoms with Crippen molar-refractivity contribution < 1.29 is 4.79 Å². The number of carbonyl (C=O) groups is 1. The third kappa shape index (κ3) is 3.23. The van der Waals surface area contributed by atoms with E-state index < -0.39 is 0 Å². The molecule has 0 saturated heterocycles. The summed E-state index contributed by atoms with van der Waals surface area (Å²) in [5.74, 6) is 0.242. The molecule has 0 aromatic carbocycles. The normalized spacial score (nSPS) is 11.0. The number of nitrogens with zero attached hydrogens (tertiary/aromatic N) is 5. The molecule has 3 heterocycles. The van der Waals surface area contributed by atoms with E-state index in [1.54, 1.807) is 24.4 Å². The van der Waals surface area contributed by atoms with Crippen molar-refractivity contribution in [3.63, 3.8) is 0 Å². The van der Waals surface area contributed by atoms with Crippen molar-refractivity contribution in [2.45, 2.75) is 6.92 Å². The second kappa shape index (κ2) is 6.27. The van der Waals surface area contributed by atoms with Gasteiger partial charge in [0.05, 0.1) is 16.4 Å². The summed E-state index contributed by atoms with van der Waals surface area (Å²) >= 11 is 1.54. The molecule has 3 rings (SSSR count). The number of amides is 1. The average Bonchev–Trinajstić information content (AvgIpc) is 3.17. The summed E-state index contributed by atoms with van der Waals surface area (Å²) in [7, 11) is 0. The van der Waals surface area contributed by atoms with Crippen molar-refractivity contribution in [3.05, 3.63) is 53.1 Å². The summed E-state index contributed by atoms with van der Waals surface area (Å²) in [5, 5.41) is 9.64. The second-order valence-corrected chi connectivity index (χ2v) is 5.39. The molecule has 0 atom stereocenters. The van der Waals surface area contributed by atoms with Crippen molar-refractivity contribution in [3.8, 4) is 5.82 Å². The van der Waals surface area contributed by atoms with E-state index in [1.165, 1.54) is 34.7 Å². The number of pyridine rings is 1. The molecular weight excluding hydrogens is 300 g/mol. The molecule has 0 spiro atoms. The molecule has 0 aliphatic carbocycles. The highest BCUT2D eigenvalue weighted by molar-refractivity contribution is 7.09. The van der Waals surface area contributed by atoms with Gasteiger partial charge >= 0.3 is 0 Å². The van der Waals surface area contributed by atoms with Crippen LogP contribution in [0.15, 0.2) is 42.4 Å². The number of anilines is 1. The van der Waals surface area contributed by atoms with Crippen LogP contribution in [0.5, 0.6) is 0 Å². The van der Waals surface area contributed by atoms with E-state index in [2.05, 4.69) is 25.4 Å². The van der Waals surface area contributed by atoms with Crippen molar-refractivity contribution in [2.75, 3.05) is 5.32 Å². The van der Waals surface area contributed by atoms with Crippen LogP contribution in [0.2, 0.25) is 0 Å². The highest BCUT2D eigenvalue weighted by Crippen LogP contribution is 2.16. The van der Waals surface area contributed by atoms with Gasteiger partial charge in [-0.25, -0.2) is 19.6 Å². The van der Waals surface area contributed by atoms with Gasteiger partial charge in [-0.05, 0) is 25.1 Å². The second-order valence-electron chi connectivity index (χ2n) is 4.33. The molecule has 0 aliphatic heterocycles. The van der Waals surface area contributed by atoms with Gasteiger partial charge in [0, 0.05) is 17.7 Å². The Balaban J connectivity index is 1.76. The van der Waals surface area contributed by atoms with Crippen LogP contribution in [0.3, 0.4) is 0 Å². The quantitative estimate of drug-likeness (QED) is 0.745. The summed E-state index contributed by atoms with van der Waals surface area (Å²) in [6.07, 6.45) is 7.66. The number of hydrogen-bond donors (Lipinski definition) is 1. The molecule has 3 aromatic rings. The highest BCUT2D eigenvalue weighted by atomic mass is 32.1. The van der Waals surface area contributed by atoms with E-state index in [9.17, 15) is 4.79 Å². The molecular formula is C14H12N6OS. The van der Waals surface area contributed by atoms with Gasteiger partial charge < -0.3 is 5.32 Å². The molecule has 0 saturated carbocycles. The largest absolute Gasteiger partial charge is 0.319 e. The summed E-state index contributed by atoms with van der Waals surface area (Å²) in [6, 6.07) is 3.49. The summed E-state index contributed by atoms with van der Waals surface area (Å²) in [6.45, 7) is 1.92. The Labute approximate surface area is 130 Å². The minimum absolute atomic E-state index is 0.264. The fourth-order valence-electron chi connectivity index (χ4n) is 1.79. The molecule has 0 bridgehead atoms. The monoisotopic (exact) mass is 312 g/mol. The summed E-state index contributed by atoms with van der Waals surface area (Å²) in [5.41, 5.74) is 1.32. The van der Waals surface area contributed by atoms with E-state index in [-0.39, 0.29) is 5.91 Å². The fourth-order valence-corrected chi connectivity index (χ4v) is 2.37. The number of rotatable bonds is 4. The van der Waals surface area contributed by atoms with E-state index in [4.69, 9.17) is 0 Å². The van der Waals surface area contributed by atoms with Crippen LogP contribution in [0.1, 0.15) is 10.7 Å². The number of aryl methyl sites for hydroxylation is 1. The standard InChI is InChI=1S/C14H12N6OS/c1-10-18-11(7-22-10)4-5-13(21)19-12-3-2-6-16-14(12)20-9-15-8-17-20/h2-9H,1H3,(H,19,21)/b5-4+. The number of nitrogens with one attached hydrogen (secondary N) is 1. The van der Waals surface area contributed by atoms with Crippen LogP contribution < -0.4 is 5.32 Å². The SMILES string of the molecule is Cc1nc(/C=C/C(=O)Nc2cccnc2-n2cncn2)cs1. The maximum atomic E-state index is 12.0. The van der Waals surface area contributed by atoms with E-state index in [0.717, 1.165) is 10.7 Å². The predicted octanol–water partition coefficient (Wildman–Crippen LogP) is 2.08. The van der Waals surface area contributed by atoms with Gasteiger partial charge in [0.2, 0.25) is 5.91 Å². The van der Waals surface area contributed by atoms with Gasteiger partial charge in [0.1, 0.15) is 12.7 Å². The molecule has 0 unspecified atom stereocenters. The number of carbonyl (C=O) groups excluding carboxylic acids is 1. The first-order valence-electron chi connectivity index (χ1n) is 6.43. The molecule has 0 aliphatic rings. The van der Waals surface area contributed by atoms with Crippen molar-refractivity contribution in [1.82, 2.24) is 24.7 Å². The van der Waals surface area contributed by atoms with Gasteiger partial charge in [0.25, 0.3) is 0 Å². The van der Waals surface area contributed by atoms with Crippen molar-refractivity contribution in [1.29, 1.82) is 0 Å². The van der Waals surface area contributed by atoms with E-state index in [0.29, 0.717) is 11.5 Å². The molecule has 1 amide bonds. The maximum absolute atomic E-state index is 12.0. The Kier molecular flexibility index (Phi) is 4.01. The number of thiazole rings is 1. The van der Waals surface area contributed by atoms with Gasteiger partial charge in [-0.2, -0.15) is 5.10 Å². The number of hydrogen-bond acceptors (Lipinski definition) is 6. The Morgan fingerprint density at radius 3 is 3.09 bits per heavy atom. The zero-order valence-corrected chi connectivity index (χ0v) is 12.5. The first-order chi connectivity index (χ1) is 10.7. The maximum Gasteiger partial charge on any atom is 0.248 e. The van der Waals surface area contributed by atoms with Crippen LogP contribution in [-0.2, 0) is 4.79 Å². The Morgan fingerprint density at radius 1 is 1.45 bits per heavy atom. The lowest BCUT2D eigenvalue weighted by Crippen LogP contribution is -2.12. The minimum Gasteiger partial charge on any atom is -0.319 e. The van der Waals surface area contributed by atoms with E-state index in [1.807, 2.05) is 12.3 Å². The fraction of sp³-hybridized carbons (Fsp3) is 0.0714. The van der Waals surface area contributed by atoms with E-state index >= 15 is 0 Å². The lowest BCUT2D eigenvalue weighted by Gasteiger charge is -2.07. The number of aromatic nitrogens is 5. The predicted molar refractivity (Wildman–Crippen MR) is 83.7 cm³/mol. The van der Waals surface area contributed by atoms with Crippen molar-refractivity contribution >= 4 is 29.0 Å². The third-order valence-corrected chi connectivity index (χ3v) is 3.51. The van der Waals surface area contributed by atoms with Crippen molar-refractivity contribution in [2.24, 2.45) is 0 Å². The Hall–Kier alpha value is -2.87. The first kappa shape index (κ1) is 14.1. The molecule has 22 heavy (non-hydrogen) atoms. The van der Waals surface area contributed by atoms with Crippen LogP contribution >= 0.6 is 11.3 Å². The summed E-state index contributed by atoms with van der Waals surface area (Å²) in [4.78, 5) is 24.4. The lowest BCUT2D eigenvalue weighted by molar-refractivity contribution is -0.111. The van der Waals surface area contributed by atoms with Crippen LogP contribution in [-0.4, -0.2) is 30.6 Å². The third-order valence-electron chi connectivity index (χ3n) is 2.72.